The van der Waals surface area contributed by atoms with Crippen LogP contribution in [0.25, 0.3) is 11.1 Å². The number of nitrogen functional groups attached to an aromatic ring is 1. The summed E-state index contributed by atoms with van der Waals surface area (Å²) in [4.78, 5) is 0. The topological polar surface area (TPSA) is 54.7 Å². The summed E-state index contributed by atoms with van der Waals surface area (Å²) in [7, 11) is 0. The van der Waals surface area contributed by atoms with Crippen molar-refractivity contribution in [2.75, 3.05) is 5.73 Å². The van der Waals surface area contributed by atoms with Gasteiger partial charge in [-0.2, -0.15) is 5.10 Å². The number of halogens is 2. The Bertz CT molecular complexity index is 484. The highest BCUT2D eigenvalue weighted by molar-refractivity contribution is 6.31. The quantitative estimate of drug-likeness (QED) is 0.784. The monoisotopic (exact) mass is 225 g/mol. The van der Waals surface area contributed by atoms with Crippen LogP contribution in [0.4, 0.5) is 10.2 Å². The number of hydrogen-bond acceptors (Lipinski definition) is 2. The van der Waals surface area contributed by atoms with Crippen LogP contribution in [-0.2, 0) is 0 Å². The van der Waals surface area contributed by atoms with Gasteiger partial charge in [0.15, 0.2) is 0 Å². The molecule has 1 aromatic carbocycles. The molecular formula is C10H9ClFN3. The fraction of sp³-hybridized carbons (Fsp3) is 0.100. The third kappa shape index (κ3) is 1.68. The highest BCUT2D eigenvalue weighted by Crippen LogP contribution is 2.29. The van der Waals surface area contributed by atoms with E-state index in [1.165, 1.54) is 6.07 Å². The molecule has 1 heterocycles. The molecule has 0 aliphatic carbocycles. The number of nitrogens with zero attached hydrogens (tertiary/aromatic N) is 1. The van der Waals surface area contributed by atoms with E-state index in [0.29, 0.717) is 11.4 Å². The molecule has 0 unspecified atom stereocenters. The van der Waals surface area contributed by atoms with Crippen molar-refractivity contribution < 1.29 is 4.39 Å². The summed E-state index contributed by atoms with van der Waals surface area (Å²) in [6, 6.07) is 3.22. The first kappa shape index (κ1) is 9.98. The van der Waals surface area contributed by atoms with E-state index in [1.807, 2.05) is 0 Å². The first-order valence-electron chi connectivity index (χ1n) is 4.34. The van der Waals surface area contributed by atoms with Gasteiger partial charge in [0, 0.05) is 5.56 Å². The average molecular weight is 226 g/mol. The number of nitrogens with two attached hydrogens (primary N) is 1. The second-order valence-electron chi connectivity index (χ2n) is 3.29. The Morgan fingerprint density at radius 3 is 2.73 bits per heavy atom. The molecule has 0 aliphatic rings. The van der Waals surface area contributed by atoms with Gasteiger partial charge in [-0.25, -0.2) is 4.39 Å². The van der Waals surface area contributed by atoms with E-state index in [9.17, 15) is 4.39 Å². The van der Waals surface area contributed by atoms with Crippen LogP contribution in [-0.4, -0.2) is 10.2 Å². The summed E-state index contributed by atoms with van der Waals surface area (Å²) < 4.78 is 13.3. The zero-order valence-electron chi connectivity index (χ0n) is 8.01. The van der Waals surface area contributed by atoms with Crippen molar-refractivity contribution in [2.45, 2.75) is 6.92 Å². The molecule has 3 nitrogen and oxygen atoms in total. The van der Waals surface area contributed by atoms with Crippen LogP contribution in [0.5, 0.6) is 0 Å². The first-order chi connectivity index (χ1) is 7.09. The van der Waals surface area contributed by atoms with Gasteiger partial charge >= 0.3 is 0 Å². The van der Waals surface area contributed by atoms with E-state index < -0.39 is 5.82 Å². The fourth-order valence-electron chi connectivity index (χ4n) is 1.41. The van der Waals surface area contributed by atoms with Crippen molar-refractivity contribution in [1.29, 1.82) is 0 Å². The van der Waals surface area contributed by atoms with Gasteiger partial charge in [0.2, 0.25) is 0 Å². The SMILES string of the molecule is Cc1cc(-c2cn[nH]c2N)cc(Cl)c1F. The molecule has 0 saturated carbocycles. The average Bonchev–Trinajstić information content (AvgIpc) is 2.60. The highest BCUT2D eigenvalue weighted by atomic mass is 35.5. The lowest BCUT2D eigenvalue weighted by Gasteiger charge is -2.04. The number of nitrogens with one attached hydrogen (secondary N) is 1. The second kappa shape index (κ2) is 3.55. The van der Waals surface area contributed by atoms with Gasteiger partial charge in [-0.3, -0.25) is 5.10 Å². The summed E-state index contributed by atoms with van der Waals surface area (Å²) in [5.74, 6) is 0.0413. The zero-order chi connectivity index (χ0) is 11.0. The molecular weight excluding hydrogens is 217 g/mol. The molecule has 0 saturated heterocycles. The maximum atomic E-state index is 13.3. The Kier molecular flexibility index (Phi) is 2.36. The van der Waals surface area contributed by atoms with Gasteiger partial charge < -0.3 is 5.73 Å². The predicted molar refractivity (Wildman–Crippen MR) is 58.1 cm³/mol. The molecule has 0 bridgehead atoms. The number of H-pyrrole nitrogens is 1. The molecule has 78 valence electrons. The fourth-order valence-corrected chi connectivity index (χ4v) is 1.67. The Morgan fingerprint density at radius 2 is 2.20 bits per heavy atom. The number of hydrogen-bond donors (Lipinski definition) is 2. The summed E-state index contributed by atoms with van der Waals surface area (Å²) in [6.07, 6.45) is 1.58. The van der Waals surface area contributed by atoms with Crippen LogP contribution in [0.3, 0.4) is 0 Å². The van der Waals surface area contributed by atoms with Crippen LogP contribution in [0.1, 0.15) is 5.56 Å². The Hall–Kier alpha value is -1.55. The smallest absolute Gasteiger partial charge is 0.144 e. The van der Waals surface area contributed by atoms with E-state index in [-0.39, 0.29) is 5.02 Å². The lowest BCUT2D eigenvalue weighted by atomic mass is 10.1. The second-order valence-corrected chi connectivity index (χ2v) is 3.69. The third-order valence-electron chi connectivity index (χ3n) is 2.19. The first-order valence-corrected chi connectivity index (χ1v) is 4.72. The van der Waals surface area contributed by atoms with Gasteiger partial charge in [0.25, 0.3) is 0 Å². The molecule has 1 aromatic heterocycles. The molecule has 0 fully saturated rings. The minimum absolute atomic E-state index is 0.0885. The molecule has 2 rings (SSSR count). The summed E-state index contributed by atoms with van der Waals surface area (Å²) in [5, 5.41) is 6.49. The van der Waals surface area contributed by atoms with E-state index >= 15 is 0 Å². The Balaban J connectivity index is 2.60. The van der Waals surface area contributed by atoms with E-state index in [1.54, 1.807) is 19.2 Å². The molecule has 15 heavy (non-hydrogen) atoms. The Labute approximate surface area is 91.1 Å². The minimum atomic E-state index is -0.400. The third-order valence-corrected chi connectivity index (χ3v) is 2.46. The van der Waals surface area contributed by atoms with Crippen LogP contribution in [0.15, 0.2) is 18.3 Å². The number of rotatable bonds is 1. The van der Waals surface area contributed by atoms with Gasteiger partial charge in [-0.05, 0) is 30.2 Å². The maximum absolute atomic E-state index is 13.3. The number of aromatic nitrogens is 2. The minimum Gasteiger partial charge on any atom is -0.384 e. The number of anilines is 1. The molecule has 0 atom stereocenters. The predicted octanol–water partition coefficient (Wildman–Crippen LogP) is 2.76. The Morgan fingerprint density at radius 1 is 1.47 bits per heavy atom. The van der Waals surface area contributed by atoms with Crippen molar-refractivity contribution in [3.8, 4) is 11.1 Å². The van der Waals surface area contributed by atoms with Gasteiger partial charge in [-0.1, -0.05) is 11.6 Å². The van der Waals surface area contributed by atoms with E-state index in [4.69, 9.17) is 17.3 Å². The summed E-state index contributed by atoms with van der Waals surface area (Å²) in [5.41, 5.74) is 7.62. The molecule has 0 radical (unpaired) electrons. The molecule has 3 N–H and O–H groups in total. The van der Waals surface area contributed by atoms with Crippen LogP contribution in [0, 0.1) is 12.7 Å². The lowest BCUT2D eigenvalue weighted by molar-refractivity contribution is 0.619. The van der Waals surface area contributed by atoms with Crippen molar-refractivity contribution in [2.24, 2.45) is 0 Å². The van der Waals surface area contributed by atoms with Crippen molar-refractivity contribution in [1.82, 2.24) is 10.2 Å². The largest absolute Gasteiger partial charge is 0.384 e. The molecule has 5 heteroatoms. The summed E-state index contributed by atoms with van der Waals surface area (Å²) >= 11 is 5.74. The molecule has 0 spiro atoms. The number of aryl methyl sites for hydroxylation is 1. The van der Waals surface area contributed by atoms with Crippen LogP contribution in [0.2, 0.25) is 5.02 Å². The normalized spacial score (nSPS) is 10.6. The molecule has 0 aliphatic heterocycles. The summed E-state index contributed by atoms with van der Waals surface area (Å²) in [6.45, 7) is 1.65. The van der Waals surface area contributed by atoms with Crippen molar-refractivity contribution in [3.63, 3.8) is 0 Å². The van der Waals surface area contributed by atoms with Crippen LogP contribution >= 0.6 is 11.6 Å². The van der Waals surface area contributed by atoms with Crippen LogP contribution < -0.4 is 5.73 Å². The standard InChI is InChI=1S/C10H9ClFN3/c1-5-2-6(3-8(11)9(5)12)7-4-14-15-10(7)13/h2-4H,1H3,(H3,13,14,15). The lowest BCUT2D eigenvalue weighted by Crippen LogP contribution is -1.90. The van der Waals surface area contributed by atoms with E-state index in [2.05, 4.69) is 10.2 Å². The number of benzene rings is 1. The van der Waals surface area contributed by atoms with Gasteiger partial charge in [0.05, 0.1) is 11.2 Å². The highest BCUT2D eigenvalue weighted by Gasteiger charge is 2.10. The van der Waals surface area contributed by atoms with Crippen molar-refractivity contribution in [3.05, 3.63) is 34.7 Å². The van der Waals surface area contributed by atoms with Gasteiger partial charge in [-0.15, -0.1) is 0 Å². The van der Waals surface area contributed by atoms with Crippen molar-refractivity contribution >= 4 is 17.4 Å². The zero-order valence-corrected chi connectivity index (χ0v) is 8.77. The molecule has 2 aromatic rings. The number of aromatic amines is 1. The van der Waals surface area contributed by atoms with Gasteiger partial charge in [0.1, 0.15) is 11.6 Å². The van der Waals surface area contributed by atoms with E-state index in [0.717, 1.165) is 11.1 Å². The maximum Gasteiger partial charge on any atom is 0.144 e. The molecule has 0 amide bonds.